The molecule has 0 radical (unpaired) electrons. The molecule has 1 unspecified atom stereocenters. The monoisotopic (exact) mass is 324 g/mol. The van der Waals surface area contributed by atoms with Crippen molar-refractivity contribution in [3.63, 3.8) is 0 Å². The number of aromatic nitrogens is 2. The van der Waals surface area contributed by atoms with Crippen LogP contribution in [0.4, 0.5) is 11.6 Å². The van der Waals surface area contributed by atoms with E-state index in [-0.39, 0.29) is 11.9 Å². The molecule has 0 bridgehead atoms. The fourth-order valence-electron chi connectivity index (χ4n) is 1.78. The van der Waals surface area contributed by atoms with Gasteiger partial charge in [0.2, 0.25) is 12.1 Å². The van der Waals surface area contributed by atoms with Crippen LogP contribution in [0.5, 0.6) is 0 Å². The number of imidazole rings is 1. The van der Waals surface area contributed by atoms with Crippen LogP contribution in [0.2, 0.25) is 0 Å². The predicted molar refractivity (Wildman–Crippen MR) is 76.0 cm³/mol. The lowest BCUT2D eigenvalue weighted by Gasteiger charge is -2.15. The molecule has 1 aromatic heterocycles. The van der Waals surface area contributed by atoms with Gasteiger partial charge in [0.05, 0.1) is 6.04 Å². The molecule has 2 rings (SSSR count). The lowest BCUT2D eigenvalue weighted by atomic mass is 10.1. The molecule has 1 aromatic carbocycles. The molecule has 1 heterocycles. The second-order valence-corrected chi connectivity index (χ2v) is 5.12. The van der Waals surface area contributed by atoms with Gasteiger partial charge in [-0.15, -0.1) is 0 Å². The summed E-state index contributed by atoms with van der Waals surface area (Å²) in [5.41, 5.74) is 1.03. The average Bonchev–Trinajstić information content (AvgIpc) is 2.71. The standard InChI is InChI=1S/C12H13BrN4O2/c1-8(9-4-3-5-10(13)6-9)15-12-11(17(18)19)14-7-16(12)2/h3-8,15H,1-2H3. The number of aryl methyl sites for hydroxylation is 1. The Balaban J connectivity index is 2.26. The van der Waals surface area contributed by atoms with E-state index in [9.17, 15) is 10.1 Å². The van der Waals surface area contributed by atoms with E-state index in [1.165, 1.54) is 6.33 Å². The number of benzene rings is 1. The van der Waals surface area contributed by atoms with Crippen molar-refractivity contribution in [2.45, 2.75) is 13.0 Å². The van der Waals surface area contributed by atoms with Crippen LogP contribution < -0.4 is 5.32 Å². The zero-order chi connectivity index (χ0) is 14.0. The van der Waals surface area contributed by atoms with Gasteiger partial charge in [-0.05, 0) is 34.5 Å². The Hall–Kier alpha value is -1.89. The molecule has 0 saturated carbocycles. The number of nitro groups is 1. The highest BCUT2D eigenvalue weighted by molar-refractivity contribution is 9.10. The maximum absolute atomic E-state index is 10.9. The molecule has 0 spiro atoms. The quantitative estimate of drug-likeness (QED) is 0.692. The van der Waals surface area contributed by atoms with Crippen LogP contribution >= 0.6 is 15.9 Å². The number of hydrogen-bond acceptors (Lipinski definition) is 4. The number of anilines is 1. The molecule has 19 heavy (non-hydrogen) atoms. The van der Waals surface area contributed by atoms with E-state index >= 15 is 0 Å². The predicted octanol–water partition coefficient (Wildman–Crippen LogP) is 3.26. The second-order valence-electron chi connectivity index (χ2n) is 4.21. The fourth-order valence-corrected chi connectivity index (χ4v) is 2.20. The van der Waals surface area contributed by atoms with Gasteiger partial charge in [0.1, 0.15) is 0 Å². The van der Waals surface area contributed by atoms with E-state index in [2.05, 4.69) is 26.2 Å². The summed E-state index contributed by atoms with van der Waals surface area (Å²) >= 11 is 3.41. The highest BCUT2D eigenvalue weighted by atomic mass is 79.9. The molecule has 0 fully saturated rings. The smallest absolute Gasteiger partial charge is 0.358 e. The number of nitrogens with zero attached hydrogens (tertiary/aromatic N) is 3. The first-order valence-corrected chi connectivity index (χ1v) is 6.46. The maximum Gasteiger partial charge on any atom is 0.406 e. The molecule has 0 aliphatic rings. The van der Waals surface area contributed by atoms with Crippen molar-refractivity contribution >= 4 is 27.6 Å². The number of rotatable bonds is 4. The van der Waals surface area contributed by atoms with Gasteiger partial charge >= 0.3 is 5.82 Å². The van der Waals surface area contributed by atoms with E-state index in [4.69, 9.17) is 0 Å². The van der Waals surface area contributed by atoms with Crippen LogP contribution in [0.25, 0.3) is 0 Å². The van der Waals surface area contributed by atoms with Gasteiger partial charge in [-0.1, -0.05) is 28.1 Å². The Morgan fingerprint density at radius 2 is 2.26 bits per heavy atom. The first kappa shape index (κ1) is 13.5. The highest BCUT2D eigenvalue weighted by Gasteiger charge is 2.21. The third kappa shape index (κ3) is 2.93. The van der Waals surface area contributed by atoms with Crippen molar-refractivity contribution in [2.75, 3.05) is 5.32 Å². The Morgan fingerprint density at radius 1 is 1.53 bits per heavy atom. The summed E-state index contributed by atoms with van der Waals surface area (Å²) in [6.07, 6.45) is 1.42. The van der Waals surface area contributed by atoms with E-state index in [1.807, 2.05) is 31.2 Å². The van der Waals surface area contributed by atoms with Crippen LogP contribution in [0, 0.1) is 10.1 Å². The zero-order valence-electron chi connectivity index (χ0n) is 10.5. The fraction of sp³-hybridized carbons (Fsp3) is 0.250. The molecular formula is C12H13BrN4O2. The van der Waals surface area contributed by atoms with Gasteiger partial charge in [0.25, 0.3) is 0 Å². The van der Waals surface area contributed by atoms with Crippen molar-refractivity contribution in [1.82, 2.24) is 9.55 Å². The van der Waals surface area contributed by atoms with Gasteiger partial charge < -0.3 is 15.4 Å². The Bertz CT molecular complexity index is 612. The molecule has 0 aliphatic heterocycles. The zero-order valence-corrected chi connectivity index (χ0v) is 12.1. The third-order valence-corrected chi connectivity index (χ3v) is 3.29. The topological polar surface area (TPSA) is 73.0 Å². The van der Waals surface area contributed by atoms with E-state index in [0.29, 0.717) is 5.82 Å². The highest BCUT2D eigenvalue weighted by Crippen LogP contribution is 2.27. The summed E-state index contributed by atoms with van der Waals surface area (Å²) in [4.78, 5) is 14.2. The molecule has 0 aliphatic carbocycles. The van der Waals surface area contributed by atoms with Crippen molar-refractivity contribution in [3.05, 3.63) is 50.7 Å². The second kappa shape index (κ2) is 5.40. The molecule has 2 aromatic rings. The van der Waals surface area contributed by atoms with E-state index in [0.717, 1.165) is 10.0 Å². The van der Waals surface area contributed by atoms with Crippen molar-refractivity contribution in [1.29, 1.82) is 0 Å². The summed E-state index contributed by atoms with van der Waals surface area (Å²) < 4.78 is 2.57. The van der Waals surface area contributed by atoms with Crippen molar-refractivity contribution in [2.24, 2.45) is 7.05 Å². The summed E-state index contributed by atoms with van der Waals surface area (Å²) in [5.74, 6) is 0.238. The Morgan fingerprint density at radius 3 is 2.89 bits per heavy atom. The summed E-state index contributed by atoms with van der Waals surface area (Å²) in [7, 11) is 1.72. The van der Waals surface area contributed by atoms with Crippen LogP contribution in [0.3, 0.4) is 0 Å². The lowest BCUT2D eigenvalue weighted by molar-refractivity contribution is -0.388. The van der Waals surface area contributed by atoms with Crippen molar-refractivity contribution < 1.29 is 4.92 Å². The maximum atomic E-state index is 10.9. The summed E-state index contributed by atoms with van der Waals surface area (Å²) in [6.45, 7) is 1.94. The molecule has 7 heteroatoms. The van der Waals surface area contributed by atoms with Gasteiger partial charge in [0.15, 0.2) is 0 Å². The van der Waals surface area contributed by atoms with Crippen molar-refractivity contribution in [3.8, 4) is 0 Å². The average molecular weight is 325 g/mol. The molecular weight excluding hydrogens is 312 g/mol. The largest absolute Gasteiger partial charge is 0.406 e. The minimum Gasteiger partial charge on any atom is -0.358 e. The molecule has 6 nitrogen and oxygen atoms in total. The minimum absolute atomic E-state index is 0.0633. The number of hydrogen-bond donors (Lipinski definition) is 1. The SMILES string of the molecule is CC(Nc1c([N+](=O)[O-])ncn1C)c1cccc(Br)c1. The first-order valence-electron chi connectivity index (χ1n) is 5.66. The number of nitrogens with one attached hydrogen (secondary N) is 1. The van der Waals surface area contributed by atoms with Crippen LogP contribution in [0.1, 0.15) is 18.5 Å². The van der Waals surface area contributed by atoms with E-state index in [1.54, 1.807) is 11.6 Å². The summed E-state index contributed by atoms with van der Waals surface area (Å²) in [5, 5.41) is 14.0. The first-order chi connectivity index (χ1) is 8.99. The van der Waals surface area contributed by atoms with Gasteiger partial charge in [0, 0.05) is 11.5 Å². The third-order valence-electron chi connectivity index (χ3n) is 2.79. The van der Waals surface area contributed by atoms with Gasteiger partial charge in [-0.25, -0.2) is 0 Å². The molecule has 100 valence electrons. The lowest BCUT2D eigenvalue weighted by Crippen LogP contribution is -2.10. The molecule has 1 atom stereocenters. The van der Waals surface area contributed by atoms with Crippen LogP contribution in [-0.2, 0) is 7.05 Å². The molecule has 1 N–H and O–H groups in total. The van der Waals surface area contributed by atoms with Gasteiger partial charge in [-0.2, -0.15) is 0 Å². The minimum atomic E-state index is -0.490. The Labute approximate surface area is 118 Å². The number of halogens is 1. The van der Waals surface area contributed by atoms with Gasteiger partial charge in [-0.3, -0.25) is 4.57 Å². The normalized spacial score (nSPS) is 12.2. The van der Waals surface area contributed by atoms with E-state index < -0.39 is 4.92 Å². The van der Waals surface area contributed by atoms with Crippen LogP contribution in [0.15, 0.2) is 35.1 Å². The molecule has 0 saturated heterocycles. The van der Waals surface area contributed by atoms with Crippen LogP contribution in [-0.4, -0.2) is 14.5 Å². The Kier molecular flexibility index (Phi) is 3.84. The summed E-state index contributed by atoms with van der Waals surface area (Å²) in [6, 6.07) is 7.73. The molecule has 0 amide bonds.